The van der Waals surface area contributed by atoms with E-state index in [-0.39, 0.29) is 13.1 Å². The molecule has 0 aromatic heterocycles. The Morgan fingerprint density at radius 1 is 1.00 bits per heavy atom. The third kappa shape index (κ3) is 2.23. The minimum absolute atomic E-state index is 0.0539. The fraction of sp³-hybridized carbons (Fsp3) is 1.00. The topological polar surface area (TPSA) is 92.5 Å². The molecule has 0 aliphatic carbocycles. The Kier molecular flexibility index (Phi) is 3.72. The zero-order valence-electron chi connectivity index (χ0n) is 4.62. The average molecular weight is 120 g/mol. The molecule has 0 aromatic carbocycles. The third-order valence-electron chi connectivity index (χ3n) is 0.927. The smallest absolute Gasteiger partial charge is 0.0933 e. The number of rotatable bonds is 3. The molecule has 0 aromatic rings. The van der Waals surface area contributed by atoms with Gasteiger partial charge in [-0.2, -0.15) is 0 Å². The summed E-state index contributed by atoms with van der Waals surface area (Å²) in [6.45, 7) is 0.108. The summed E-state index contributed by atoms with van der Waals surface area (Å²) in [4.78, 5) is 0. The standard InChI is InChI=1S/C4H12N2O2/c5-1-3(7)4(8)2-6/h3-4,7-8H,1-2,5-6H2/t3-,4+. The SMILES string of the molecule is NC[C@@H](O)[C@@H](O)CN. The summed E-state index contributed by atoms with van der Waals surface area (Å²) in [7, 11) is 0. The lowest BCUT2D eigenvalue weighted by Gasteiger charge is -2.12. The number of aliphatic hydroxyl groups excluding tert-OH is 2. The molecule has 0 unspecified atom stereocenters. The third-order valence-corrected chi connectivity index (χ3v) is 0.927. The van der Waals surface area contributed by atoms with Crippen LogP contribution in [0.15, 0.2) is 0 Å². The van der Waals surface area contributed by atoms with Crippen LogP contribution in [0.2, 0.25) is 0 Å². The zero-order valence-corrected chi connectivity index (χ0v) is 4.62. The minimum Gasteiger partial charge on any atom is -0.389 e. The summed E-state index contributed by atoms with van der Waals surface area (Å²) < 4.78 is 0. The second-order valence-corrected chi connectivity index (χ2v) is 1.61. The monoisotopic (exact) mass is 120 g/mol. The average Bonchev–Trinajstić information content (AvgIpc) is 1.84. The van der Waals surface area contributed by atoms with E-state index in [0.29, 0.717) is 0 Å². The van der Waals surface area contributed by atoms with Crippen LogP contribution < -0.4 is 11.5 Å². The molecule has 50 valence electrons. The van der Waals surface area contributed by atoms with Gasteiger partial charge < -0.3 is 21.7 Å². The van der Waals surface area contributed by atoms with Crippen molar-refractivity contribution in [1.82, 2.24) is 0 Å². The lowest BCUT2D eigenvalue weighted by molar-refractivity contribution is 0.0312. The van der Waals surface area contributed by atoms with Crippen molar-refractivity contribution >= 4 is 0 Å². The van der Waals surface area contributed by atoms with Crippen LogP contribution in [0.3, 0.4) is 0 Å². The van der Waals surface area contributed by atoms with Crippen molar-refractivity contribution in [1.29, 1.82) is 0 Å². The van der Waals surface area contributed by atoms with Crippen LogP contribution in [-0.4, -0.2) is 35.5 Å². The first-order valence-corrected chi connectivity index (χ1v) is 2.48. The van der Waals surface area contributed by atoms with Crippen molar-refractivity contribution < 1.29 is 10.2 Å². The quantitative estimate of drug-likeness (QED) is 0.335. The zero-order chi connectivity index (χ0) is 6.57. The Morgan fingerprint density at radius 3 is 1.38 bits per heavy atom. The molecule has 0 radical (unpaired) electrons. The molecule has 0 aliphatic rings. The summed E-state index contributed by atoms with van der Waals surface area (Å²) in [5.74, 6) is 0. The van der Waals surface area contributed by atoms with Crippen molar-refractivity contribution in [2.75, 3.05) is 13.1 Å². The highest BCUT2D eigenvalue weighted by Crippen LogP contribution is 1.85. The fourth-order valence-electron chi connectivity index (χ4n) is 0.314. The maximum atomic E-state index is 8.67. The van der Waals surface area contributed by atoms with Gasteiger partial charge in [0.2, 0.25) is 0 Å². The molecule has 0 aliphatic heterocycles. The fourth-order valence-corrected chi connectivity index (χ4v) is 0.314. The predicted octanol–water partition coefficient (Wildman–Crippen LogP) is -2.37. The maximum absolute atomic E-state index is 8.67. The number of nitrogens with two attached hydrogens (primary N) is 2. The number of hydrogen-bond acceptors (Lipinski definition) is 4. The number of aliphatic hydroxyl groups is 2. The molecule has 0 rings (SSSR count). The Hall–Kier alpha value is -0.160. The van der Waals surface area contributed by atoms with E-state index < -0.39 is 12.2 Å². The summed E-state index contributed by atoms with van der Waals surface area (Å²) in [5, 5.41) is 17.3. The molecule has 8 heavy (non-hydrogen) atoms. The largest absolute Gasteiger partial charge is 0.389 e. The predicted molar refractivity (Wildman–Crippen MR) is 30.1 cm³/mol. The molecular formula is C4H12N2O2. The van der Waals surface area contributed by atoms with Crippen LogP contribution in [0, 0.1) is 0 Å². The van der Waals surface area contributed by atoms with Crippen LogP contribution >= 0.6 is 0 Å². The molecule has 0 spiro atoms. The van der Waals surface area contributed by atoms with Crippen LogP contribution in [0.1, 0.15) is 0 Å². The first kappa shape index (κ1) is 7.84. The van der Waals surface area contributed by atoms with E-state index in [1.54, 1.807) is 0 Å². The van der Waals surface area contributed by atoms with Crippen LogP contribution in [0.5, 0.6) is 0 Å². The van der Waals surface area contributed by atoms with E-state index in [1.165, 1.54) is 0 Å². The van der Waals surface area contributed by atoms with E-state index in [2.05, 4.69) is 0 Å². The molecule has 0 bridgehead atoms. The van der Waals surface area contributed by atoms with E-state index >= 15 is 0 Å². The van der Waals surface area contributed by atoms with Gasteiger partial charge in [0.1, 0.15) is 0 Å². The lowest BCUT2D eigenvalue weighted by atomic mass is 10.2. The van der Waals surface area contributed by atoms with Gasteiger partial charge in [-0.15, -0.1) is 0 Å². The summed E-state index contributed by atoms with van der Waals surface area (Å²) >= 11 is 0. The van der Waals surface area contributed by atoms with Gasteiger partial charge in [-0.25, -0.2) is 0 Å². The van der Waals surface area contributed by atoms with Crippen molar-refractivity contribution in [3.63, 3.8) is 0 Å². The van der Waals surface area contributed by atoms with E-state index in [4.69, 9.17) is 21.7 Å². The van der Waals surface area contributed by atoms with Gasteiger partial charge in [0.05, 0.1) is 12.2 Å². The van der Waals surface area contributed by atoms with Gasteiger partial charge in [-0.1, -0.05) is 0 Å². The van der Waals surface area contributed by atoms with Gasteiger partial charge in [0.15, 0.2) is 0 Å². The summed E-state index contributed by atoms with van der Waals surface area (Å²) in [6.07, 6.45) is -1.75. The van der Waals surface area contributed by atoms with Crippen molar-refractivity contribution in [2.24, 2.45) is 11.5 Å². The van der Waals surface area contributed by atoms with Gasteiger partial charge >= 0.3 is 0 Å². The highest BCUT2D eigenvalue weighted by Gasteiger charge is 2.10. The van der Waals surface area contributed by atoms with E-state index in [9.17, 15) is 0 Å². The Balaban J connectivity index is 3.29. The first-order chi connectivity index (χ1) is 3.72. The highest BCUT2D eigenvalue weighted by molar-refractivity contribution is 4.66. The van der Waals surface area contributed by atoms with Crippen molar-refractivity contribution in [3.05, 3.63) is 0 Å². The first-order valence-electron chi connectivity index (χ1n) is 2.48. The molecule has 0 amide bonds. The molecule has 0 saturated carbocycles. The molecule has 0 saturated heterocycles. The molecule has 2 atom stereocenters. The number of hydrogen-bond donors (Lipinski definition) is 4. The molecule has 4 nitrogen and oxygen atoms in total. The Morgan fingerprint density at radius 2 is 1.25 bits per heavy atom. The summed E-state index contributed by atoms with van der Waals surface area (Å²) in [6, 6.07) is 0. The highest BCUT2D eigenvalue weighted by atomic mass is 16.3. The normalized spacial score (nSPS) is 18.0. The lowest BCUT2D eigenvalue weighted by Crippen LogP contribution is -2.38. The van der Waals surface area contributed by atoms with Gasteiger partial charge in [-0.3, -0.25) is 0 Å². The Labute approximate surface area is 48.1 Å². The summed E-state index contributed by atoms with van der Waals surface area (Å²) in [5.41, 5.74) is 9.97. The maximum Gasteiger partial charge on any atom is 0.0933 e. The molecule has 6 N–H and O–H groups in total. The van der Waals surface area contributed by atoms with Crippen LogP contribution in [-0.2, 0) is 0 Å². The van der Waals surface area contributed by atoms with Gasteiger partial charge in [0.25, 0.3) is 0 Å². The molecule has 0 heterocycles. The molecular weight excluding hydrogens is 108 g/mol. The van der Waals surface area contributed by atoms with Crippen LogP contribution in [0.4, 0.5) is 0 Å². The van der Waals surface area contributed by atoms with E-state index in [0.717, 1.165) is 0 Å². The van der Waals surface area contributed by atoms with Crippen LogP contribution in [0.25, 0.3) is 0 Å². The van der Waals surface area contributed by atoms with Crippen molar-refractivity contribution in [2.45, 2.75) is 12.2 Å². The molecule has 4 heteroatoms. The van der Waals surface area contributed by atoms with Gasteiger partial charge in [0, 0.05) is 13.1 Å². The van der Waals surface area contributed by atoms with Crippen molar-refractivity contribution in [3.8, 4) is 0 Å². The second-order valence-electron chi connectivity index (χ2n) is 1.61. The second kappa shape index (κ2) is 3.80. The Bertz CT molecular complexity index is 52.0. The van der Waals surface area contributed by atoms with Gasteiger partial charge in [-0.05, 0) is 0 Å². The molecule has 0 fully saturated rings. The van der Waals surface area contributed by atoms with E-state index in [1.807, 2.05) is 0 Å². The minimum atomic E-state index is -0.875.